The van der Waals surface area contributed by atoms with E-state index >= 15 is 0 Å². The molecule has 0 atom stereocenters. The molecule has 0 saturated carbocycles. The van der Waals surface area contributed by atoms with Crippen LogP contribution in [0.15, 0.2) is 42.5 Å². The van der Waals surface area contributed by atoms with Crippen LogP contribution in [0.25, 0.3) is 0 Å². The lowest BCUT2D eigenvalue weighted by Crippen LogP contribution is -2.14. The monoisotopic (exact) mass is 347 g/mol. The Morgan fingerprint density at radius 1 is 1.12 bits per heavy atom. The molecule has 0 radical (unpaired) electrons. The molecule has 0 spiro atoms. The lowest BCUT2D eigenvalue weighted by atomic mass is 10.1. The van der Waals surface area contributed by atoms with Crippen molar-refractivity contribution in [1.29, 1.82) is 0 Å². The first-order valence-corrected chi connectivity index (χ1v) is 8.56. The van der Waals surface area contributed by atoms with Crippen LogP contribution in [0.5, 0.6) is 0 Å². The Kier molecular flexibility index (Phi) is 6.37. The van der Waals surface area contributed by atoms with Crippen molar-refractivity contribution in [2.75, 3.05) is 18.2 Å². The van der Waals surface area contributed by atoms with Gasteiger partial charge in [0.1, 0.15) is 5.82 Å². The van der Waals surface area contributed by atoms with Crippen molar-refractivity contribution in [3.05, 3.63) is 65.0 Å². The molecule has 0 saturated heterocycles. The SMILES string of the molecule is CCSCc1ccc(C(=O)Nc2cc(C(=O)OC)ccc2F)cc1. The number of thioether (sulfide) groups is 1. The van der Waals surface area contributed by atoms with Gasteiger partial charge in [-0.25, -0.2) is 9.18 Å². The average molecular weight is 347 g/mol. The lowest BCUT2D eigenvalue weighted by Gasteiger charge is -2.09. The van der Waals surface area contributed by atoms with Crippen LogP contribution in [0.4, 0.5) is 10.1 Å². The molecule has 2 aromatic carbocycles. The van der Waals surface area contributed by atoms with Crippen molar-refractivity contribution in [3.63, 3.8) is 0 Å². The summed E-state index contributed by atoms with van der Waals surface area (Å²) in [7, 11) is 1.24. The maximum atomic E-state index is 13.8. The number of hydrogen-bond donors (Lipinski definition) is 1. The van der Waals surface area contributed by atoms with E-state index in [4.69, 9.17) is 0 Å². The van der Waals surface area contributed by atoms with E-state index in [9.17, 15) is 14.0 Å². The van der Waals surface area contributed by atoms with Gasteiger partial charge >= 0.3 is 5.97 Å². The van der Waals surface area contributed by atoms with Gasteiger partial charge in [-0.3, -0.25) is 4.79 Å². The smallest absolute Gasteiger partial charge is 0.337 e. The number of halogens is 1. The maximum Gasteiger partial charge on any atom is 0.337 e. The molecule has 24 heavy (non-hydrogen) atoms. The number of amides is 1. The Bertz CT molecular complexity index is 732. The Hall–Kier alpha value is -2.34. The summed E-state index contributed by atoms with van der Waals surface area (Å²) >= 11 is 1.79. The zero-order valence-electron chi connectivity index (χ0n) is 13.5. The van der Waals surface area contributed by atoms with Crippen molar-refractivity contribution in [2.45, 2.75) is 12.7 Å². The highest BCUT2D eigenvalue weighted by atomic mass is 32.2. The highest BCUT2D eigenvalue weighted by molar-refractivity contribution is 7.98. The molecule has 1 amide bonds. The fraction of sp³-hybridized carbons (Fsp3) is 0.222. The van der Waals surface area contributed by atoms with Crippen LogP contribution in [0, 0.1) is 5.82 Å². The third kappa shape index (κ3) is 4.58. The second kappa shape index (κ2) is 8.49. The first-order valence-electron chi connectivity index (χ1n) is 7.41. The Morgan fingerprint density at radius 3 is 2.42 bits per heavy atom. The van der Waals surface area contributed by atoms with E-state index in [1.54, 1.807) is 23.9 Å². The molecule has 0 heterocycles. The van der Waals surface area contributed by atoms with Crippen LogP contribution in [-0.2, 0) is 10.5 Å². The molecule has 2 rings (SSSR count). The number of ether oxygens (including phenoxy) is 1. The molecule has 1 N–H and O–H groups in total. The van der Waals surface area contributed by atoms with E-state index in [-0.39, 0.29) is 11.3 Å². The summed E-state index contributed by atoms with van der Waals surface area (Å²) in [5.41, 5.74) is 1.65. The van der Waals surface area contributed by atoms with Gasteiger partial charge in [0.25, 0.3) is 5.91 Å². The van der Waals surface area contributed by atoms with E-state index < -0.39 is 17.7 Å². The van der Waals surface area contributed by atoms with Crippen molar-refractivity contribution in [1.82, 2.24) is 0 Å². The molecule has 0 fully saturated rings. The minimum atomic E-state index is -0.619. The predicted octanol–water partition coefficient (Wildman–Crippen LogP) is 4.12. The van der Waals surface area contributed by atoms with Crippen molar-refractivity contribution in [3.8, 4) is 0 Å². The summed E-state index contributed by atoms with van der Waals surface area (Å²) in [5.74, 6) is 0.257. The standard InChI is InChI=1S/C18H18FNO3S/c1-3-24-11-12-4-6-13(7-5-12)17(21)20-16-10-14(18(22)23-2)8-9-15(16)19/h4-10H,3,11H2,1-2H3,(H,20,21). The Balaban J connectivity index is 2.13. The number of anilines is 1. The molecule has 126 valence electrons. The van der Waals surface area contributed by atoms with Crippen LogP contribution >= 0.6 is 11.8 Å². The average Bonchev–Trinajstić information content (AvgIpc) is 2.61. The van der Waals surface area contributed by atoms with E-state index in [1.807, 2.05) is 12.1 Å². The number of hydrogen-bond acceptors (Lipinski definition) is 4. The van der Waals surface area contributed by atoms with Crippen molar-refractivity contribution in [2.24, 2.45) is 0 Å². The van der Waals surface area contributed by atoms with Gasteiger partial charge in [-0.15, -0.1) is 0 Å². The van der Waals surface area contributed by atoms with E-state index in [1.165, 1.54) is 19.2 Å². The molecule has 0 aliphatic carbocycles. The lowest BCUT2D eigenvalue weighted by molar-refractivity contribution is 0.0600. The molecule has 4 nitrogen and oxygen atoms in total. The van der Waals surface area contributed by atoms with E-state index in [2.05, 4.69) is 17.0 Å². The largest absolute Gasteiger partial charge is 0.465 e. The summed E-state index contributed by atoms with van der Waals surface area (Å²) in [6.07, 6.45) is 0. The molecule has 0 aromatic heterocycles. The summed E-state index contributed by atoms with van der Waals surface area (Å²) in [5, 5.41) is 2.48. The summed E-state index contributed by atoms with van der Waals surface area (Å²) in [6, 6.07) is 10.8. The number of nitrogens with one attached hydrogen (secondary N) is 1. The number of methoxy groups -OCH3 is 1. The second-order valence-corrected chi connectivity index (χ2v) is 6.25. The van der Waals surface area contributed by atoms with Crippen LogP contribution in [0.1, 0.15) is 33.2 Å². The number of carbonyl (C=O) groups excluding carboxylic acids is 2. The zero-order chi connectivity index (χ0) is 17.5. The third-order valence-corrected chi connectivity index (χ3v) is 4.27. The molecule has 0 aliphatic rings. The van der Waals surface area contributed by atoms with Gasteiger partial charge in [0.05, 0.1) is 18.4 Å². The van der Waals surface area contributed by atoms with Gasteiger partial charge in [-0.1, -0.05) is 19.1 Å². The molecular formula is C18H18FNO3S. The van der Waals surface area contributed by atoms with Crippen LogP contribution in [-0.4, -0.2) is 24.7 Å². The van der Waals surface area contributed by atoms with Crippen molar-refractivity contribution >= 4 is 29.3 Å². The van der Waals surface area contributed by atoms with E-state index in [0.717, 1.165) is 23.1 Å². The Morgan fingerprint density at radius 2 is 1.79 bits per heavy atom. The highest BCUT2D eigenvalue weighted by Gasteiger charge is 2.13. The van der Waals surface area contributed by atoms with Crippen LogP contribution in [0.2, 0.25) is 0 Å². The predicted molar refractivity (Wildman–Crippen MR) is 94.0 cm³/mol. The van der Waals surface area contributed by atoms with Crippen LogP contribution < -0.4 is 5.32 Å². The third-order valence-electron chi connectivity index (χ3n) is 3.32. The first kappa shape index (κ1) is 18.0. The zero-order valence-corrected chi connectivity index (χ0v) is 14.3. The molecule has 0 aliphatic heterocycles. The van der Waals surface area contributed by atoms with Gasteiger partial charge in [-0.2, -0.15) is 11.8 Å². The number of benzene rings is 2. The molecule has 6 heteroatoms. The summed E-state index contributed by atoms with van der Waals surface area (Å²) in [6.45, 7) is 2.09. The van der Waals surface area contributed by atoms with Gasteiger partial charge < -0.3 is 10.1 Å². The van der Waals surface area contributed by atoms with Crippen LogP contribution in [0.3, 0.4) is 0 Å². The fourth-order valence-corrected chi connectivity index (χ4v) is 2.66. The van der Waals surface area contributed by atoms with Gasteiger partial charge in [0.2, 0.25) is 0 Å². The minimum absolute atomic E-state index is 0.0616. The van der Waals surface area contributed by atoms with Gasteiger partial charge in [0, 0.05) is 11.3 Å². The second-order valence-electron chi connectivity index (χ2n) is 4.97. The molecule has 2 aromatic rings. The Labute approximate surface area is 144 Å². The normalized spacial score (nSPS) is 10.3. The quantitative estimate of drug-likeness (QED) is 0.799. The number of carbonyl (C=O) groups is 2. The topological polar surface area (TPSA) is 55.4 Å². The minimum Gasteiger partial charge on any atom is -0.465 e. The maximum absolute atomic E-state index is 13.8. The highest BCUT2D eigenvalue weighted by Crippen LogP contribution is 2.19. The van der Waals surface area contributed by atoms with Gasteiger partial charge in [-0.05, 0) is 41.6 Å². The van der Waals surface area contributed by atoms with Gasteiger partial charge in [0.15, 0.2) is 0 Å². The van der Waals surface area contributed by atoms with E-state index in [0.29, 0.717) is 5.56 Å². The fourth-order valence-electron chi connectivity index (χ4n) is 2.03. The number of rotatable bonds is 6. The first-order chi connectivity index (χ1) is 11.5. The summed E-state index contributed by atoms with van der Waals surface area (Å²) < 4.78 is 18.4. The van der Waals surface area contributed by atoms with Crippen molar-refractivity contribution < 1.29 is 18.7 Å². The molecule has 0 unspecified atom stereocenters. The number of esters is 1. The summed E-state index contributed by atoms with van der Waals surface area (Å²) in [4.78, 5) is 23.7. The molecule has 0 bridgehead atoms. The molecular weight excluding hydrogens is 329 g/mol.